The number of thiocarbonyl (C=S) groups is 1. The third-order valence-corrected chi connectivity index (χ3v) is 7.01. The molecule has 1 saturated heterocycles. The fourth-order valence-electron chi connectivity index (χ4n) is 4.88. The molecule has 1 N–H and O–H groups in total. The minimum Gasteiger partial charge on any atom is -0.495 e. The minimum atomic E-state index is -0.109. The summed E-state index contributed by atoms with van der Waals surface area (Å²) in [4.78, 5) is 11.4. The summed E-state index contributed by atoms with van der Waals surface area (Å²) < 4.78 is 7.86. The Labute approximate surface area is 215 Å². The molecule has 4 aromatic rings. The third-order valence-electron chi connectivity index (χ3n) is 6.43. The summed E-state index contributed by atoms with van der Waals surface area (Å²) in [5, 5.41) is 4.86. The van der Waals surface area contributed by atoms with E-state index in [4.69, 9.17) is 28.6 Å². The zero-order chi connectivity index (χ0) is 24.5. The number of benzene rings is 1. The summed E-state index contributed by atoms with van der Waals surface area (Å²) in [5.41, 5.74) is 6.12. The van der Waals surface area contributed by atoms with Crippen LogP contribution < -0.4 is 10.1 Å². The van der Waals surface area contributed by atoms with Gasteiger partial charge < -0.3 is 19.5 Å². The van der Waals surface area contributed by atoms with Crippen LogP contribution in [-0.4, -0.2) is 31.7 Å². The van der Waals surface area contributed by atoms with E-state index in [1.165, 1.54) is 0 Å². The first-order chi connectivity index (χ1) is 17.0. The maximum atomic E-state index is 6.38. The first kappa shape index (κ1) is 23.3. The van der Waals surface area contributed by atoms with Gasteiger partial charge in [-0.25, -0.2) is 0 Å². The lowest BCUT2D eigenvalue weighted by Crippen LogP contribution is -2.29. The standard InChI is InChI=1S/C27H26ClN5OS/c1-17-14-21(18(2)33(17)23-15-19(28)10-11-24(23)34-3)26-25(22-9-5-7-13-30-22)31-27(35)32(26)16-20-8-4-6-12-29-20/h4-15,25-26H,16H2,1-3H3,(H,31,35)/t25-,26-/m0/s1. The first-order valence-electron chi connectivity index (χ1n) is 11.4. The van der Waals surface area contributed by atoms with E-state index < -0.39 is 0 Å². The number of halogens is 1. The van der Waals surface area contributed by atoms with Crippen LogP contribution in [-0.2, 0) is 6.54 Å². The number of aryl methyl sites for hydroxylation is 1. The predicted octanol–water partition coefficient (Wildman–Crippen LogP) is 5.72. The molecule has 3 aromatic heterocycles. The van der Waals surface area contributed by atoms with E-state index in [-0.39, 0.29) is 12.1 Å². The lowest BCUT2D eigenvalue weighted by Gasteiger charge is -2.28. The first-order valence-corrected chi connectivity index (χ1v) is 12.2. The van der Waals surface area contributed by atoms with Crippen molar-refractivity contribution in [1.82, 2.24) is 24.8 Å². The van der Waals surface area contributed by atoms with Gasteiger partial charge in [-0.3, -0.25) is 9.97 Å². The molecule has 0 radical (unpaired) electrons. The van der Waals surface area contributed by atoms with Crippen LogP contribution in [0.1, 0.15) is 40.4 Å². The SMILES string of the molecule is COc1ccc(Cl)cc1-n1c(C)cc([C@H]2[C@H](c3ccccn3)NC(=S)N2Cc2ccccn2)c1C. The van der Waals surface area contributed by atoms with Crippen LogP contribution in [0.25, 0.3) is 5.69 Å². The second kappa shape index (κ2) is 9.68. The van der Waals surface area contributed by atoms with Crippen molar-refractivity contribution < 1.29 is 4.74 Å². The van der Waals surface area contributed by atoms with E-state index in [2.05, 4.69) is 44.7 Å². The van der Waals surface area contributed by atoms with E-state index in [1.54, 1.807) is 7.11 Å². The number of hydrogen-bond donors (Lipinski definition) is 1. The van der Waals surface area contributed by atoms with Gasteiger partial charge in [0.05, 0.1) is 42.8 Å². The predicted molar refractivity (Wildman–Crippen MR) is 142 cm³/mol. The van der Waals surface area contributed by atoms with Gasteiger partial charge in [-0.05, 0) is 80.2 Å². The van der Waals surface area contributed by atoms with Crippen LogP contribution in [0.15, 0.2) is 73.1 Å². The van der Waals surface area contributed by atoms with Crippen molar-refractivity contribution in [2.75, 3.05) is 7.11 Å². The Morgan fingerprint density at radius 2 is 1.80 bits per heavy atom. The Morgan fingerprint density at radius 1 is 1.03 bits per heavy atom. The molecule has 0 bridgehead atoms. The van der Waals surface area contributed by atoms with Crippen molar-refractivity contribution >= 4 is 28.9 Å². The van der Waals surface area contributed by atoms with Crippen LogP contribution in [0.5, 0.6) is 5.75 Å². The summed E-state index contributed by atoms with van der Waals surface area (Å²) in [6.07, 6.45) is 3.63. The fraction of sp³-hybridized carbons (Fsp3) is 0.222. The van der Waals surface area contributed by atoms with Gasteiger partial charge >= 0.3 is 0 Å². The molecule has 0 aliphatic carbocycles. The molecule has 1 aliphatic rings. The molecule has 1 aromatic carbocycles. The zero-order valence-corrected chi connectivity index (χ0v) is 21.3. The topological polar surface area (TPSA) is 55.2 Å². The zero-order valence-electron chi connectivity index (χ0n) is 19.8. The van der Waals surface area contributed by atoms with Crippen molar-refractivity contribution in [3.05, 3.63) is 106 Å². The number of nitrogens with one attached hydrogen (secondary N) is 1. The van der Waals surface area contributed by atoms with Crippen molar-refractivity contribution in [2.45, 2.75) is 32.5 Å². The Hall–Kier alpha value is -3.42. The molecular weight excluding hydrogens is 478 g/mol. The molecule has 2 atom stereocenters. The number of aromatic nitrogens is 3. The smallest absolute Gasteiger partial charge is 0.170 e. The third kappa shape index (κ3) is 4.37. The maximum Gasteiger partial charge on any atom is 0.170 e. The van der Waals surface area contributed by atoms with Gasteiger partial charge in [0, 0.05) is 28.8 Å². The van der Waals surface area contributed by atoms with E-state index in [0.717, 1.165) is 39.8 Å². The lowest BCUT2D eigenvalue weighted by atomic mass is 9.96. The Kier molecular flexibility index (Phi) is 6.45. The van der Waals surface area contributed by atoms with Crippen molar-refractivity contribution in [1.29, 1.82) is 0 Å². The van der Waals surface area contributed by atoms with Gasteiger partial charge in [0.15, 0.2) is 5.11 Å². The molecule has 0 saturated carbocycles. The molecule has 0 spiro atoms. The molecule has 1 aliphatic heterocycles. The number of methoxy groups -OCH3 is 1. The highest BCUT2D eigenvalue weighted by atomic mass is 35.5. The average molecular weight is 504 g/mol. The quantitative estimate of drug-likeness (QED) is 0.340. The molecular formula is C27H26ClN5OS. The highest BCUT2D eigenvalue weighted by Crippen LogP contribution is 2.42. The second-order valence-corrected chi connectivity index (χ2v) is 9.38. The normalized spacial score (nSPS) is 17.5. The number of rotatable bonds is 6. The number of pyridine rings is 2. The molecule has 4 heterocycles. The van der Waals surface area contributed by atoms with Crippen molar-refractivity contribution in [3.63, 3.8) is 0 Å². The molecule has 1 fully saturated rings. The minimum absolute atomic E-state index is 0.0791. The number of nitrogens with zero attached hydrogens (tertiary/aromatic N) is 4. The van der Waals surface area contributed by atoms with Crippen molar-refractivity contribution in [2.24, 2.45) is 0 Å². The van der Waals surface area contributed by atoms with Crippen LogP contribution in [0.3, 0.4) is 0 Å². The van der Waals surface area contributed by atoms with Gasteiger partial charge in [-0.1, -0.05) is 23.7 Å². The highest BCUT2D eigenvalue weighted by molar-refractivity contribution is 7.80. The van der Waals surface area contributed by atoms with E-state index >= 15 is 0 Å². The molecule has 0 unspecified atom stereocenters. The Bertz CT molecular complexity index is 1360. The molecule has 5 rings (SSSR count). The van der Waals surface area contributed by atoms with Gasteiger partial charge in [-0.2, -0.15) is 0 Å². The number of ether oxygens (including phenoxy) is 1. The fourth-order valence-corrected chi connectivity index (χ4v) is 5.35. The Morgan fingerprint density at radius 3 is 2.49 bits per heavy atom. The monoisotopic (exact) mass is 503 g/mol. The molecule has 178 valence electrons. The van der Waals surface area contributed by atoms with Gasteiger partial charge in [0.2, 0.25) is 0 Å². The van der Waals surface area contributed by atoms with Crippen LogP contribution in [0.4, 0.5) is 0 Å². The van der Waals surface area contributed by atoms with Crippen LogP contribution in [0, 0.1) is 13.8 Å². The molecule has 35 heavy (non-hydrogen) atoms. The summed E-state index contributed by atoms with van der Waals surface area (Å²) in [7, 11) is 1.67. The van der Waals surface area contributed by atoms with E-state index in [0.29, 0.717) is 16.7 Å². The summed E-state index contributed by atoms with van der Waals surface area (Å²) in [5.74, 6) is 0.759. The highest BCUT2D eigenvalue weighted by Gasteiger charge is 2.41. The van der Waals surface area contributed by atoms with Gasteiger partial charge in [0.25, 0.3) is 0 Å². The maximum absolute atomic E-state index is 6.38. The largest absolute Gasteiger partial charge is 0.495 e. The van der Waals surface area contributed by atoms with E-state index in [9.17, 15) is 0 Å². The van der Waals surface area contributed by atoms with Gasteiger partial charge in [-0.15, -0.1) is 0 Å². The number of hydrogen-bond acceptors (Lipinski definition) is 4. The Balaban J connectivity index is 1.65. The van der Waals surface area contributed by atoms with E-state index in [1.807, 2.05) is 67.0 Å². The average Bonchev–Trinajstić information content (AvgIpc) is 3.35. The van der Waals surface area contributed by atoms with Crippen LogP contribution >= 0.6 is 23.8 Å². The second-order valence-electron chi connectivity index (χ2n) is 8.55. The van der Waals surface area contributed by atoms with Crippen LogP contribution in [0.2, 0.25) is 5.02 Å². The van der Waals surface area contributed by atoms with Crippen molar-refractivity contribution in [3.8, 4) is 11.4 Å². The summed E-state index contributed by atoms with van der Waals surface area (Å²) in [6, 6.07) is 19.6. The summed E-state index contributed by atoms with van der Waals surface area (Å²) >= 11 is 12.2. The lowest BCUT2D eigenvalue weighted by molar-refractivity contribution is 0.307. The molecule has 0 amide bonds. The summed E-state index contributed by atoms with van der Waals surface area (Å²) in [6.45, 7) is 4.81. The molecule has 8 heteroatoms. The molecule has 6 nitrogen and oxygen atoms in total. The van der Waals surface area contributed by atoms with Gasteiger partial charge in [0.1, 0.15) is 5.75 Å².